The Hall–Kier alpha value is -0.530. The van der Waals surface area contributed by atoms with E-state index in [2.05, 4.69) is 19.2 Å². The van der Waals surface area contributed by atoms with Crippen LogP contribution in [0.15, 0.2) is 0 Å². The van der Waals surface area contributed by atoms with Crippen molar-refractivity contribution in [3.8, 4) is 0 Å². The van der Waals surface area contributed by atoms with Crippen LogP contribution in [0.3, 0.4) is 0 Å². The third kappa shape index (κ3) is 2.04. The van der Waals surface area contributed by atoms with Gasteiger partial charge >= 0.3 is 0 Å². The average molecular weight is 209 g/mol. The van der Waals surface area contributed by atoms with Gasteiger partial charge in [-0.3, -0.25) is 4.79 Å². The van der Waals surface area contributed by atoms with Crippen molar-refractivity contribution in [2.24, 2.45) is 17.3 Å². The lowest BCUT2D eigenvalue weighted by molar-refractivity contribution is -0.126. The maximum atomic E-state index is 11.3. The highest BCUT2D eigenvalue weighted by atomic mass is 16.1. The summed E-state index contributed by atoms with van der Waals surface area (Å²) in [6, 6.07) is 0. The molecule has 1 heterocycles. The van der Waals surface area contributed by atoms with E-state index in [4.69, 9.17) is 0 Å². The molecule has 1 spiro atoms. The largest absolute Gasteiger partial charge is 0.356 e. The summed E-state index contributed by atoms with van der Waals surface area (Å²) in [5.41, 5.74) is 0.445. The fourth-order valence-electron chi connectivity index (χ4n) is 3.72. The monoisotopic (exact) mass is 209 g/mol. The third-order valence-electron chi connectivity index (χ3n) is 4.52. The van der Waals surface area contributed by atoms with E-state index in [9.17, 15) is 4.79 Å². The molecule has 2 aliphatic rings. The van der Waals surface area contributed by atoms with Crippen LogP contribution in [0.2, 0.25) is 0 Å². The SMILES string of the molecule is CC(C)C1CCCCC12CCC(=O)NC2. The Morgan fingerprint density at radius 2 is 2.13 bits per heavy atom. The zero-order valence-electron chi connectivity index (χ0n) is 10.0. The molecule has 2 nitrogen and oxygen atoms in total. The van der Waals surface area contributed by atoms with Crippen LogP contribution in [0.5, 0.6) is 0 Å². The van der Waals surface area contributed by atoms with Gasteiger partial charge < -0.3 is 5.32 Å². The summed E-state index contributed by atoms with van der Waals surface area (Å²) in [6.45, 7) is 5.62. The molecule has 1 aliphatic carbocycles. The molecule has 1 saturated carbocycles. The highest BCUT2D eigenvalue weighted by Crippen LogP contribution is 2.48. The van der Waals surface area contributed by atoms with E-state index in [-0.39, 0.29) is 5.91 Å². The second-order valence-corrected chi connectivity index (χ2v) is 5.74. The van der Waals surface area contributed by atoms with E-state index >= 15 is 0 Å². The third-order valence-corrected chi connectivity index (χ3v) is 4.52. The molecule has 1 N–H and O–H groups in total. The highest BCUT2D eigenvalue weighted by molar-refractivity contribution is 5.76. The normalized spacial score (nSPS) is 37.0. The van der Waals surface area contributed by atoms with Gasteiger partial charge in [-0.25, -0.2) is 0 Å². The topological polar surface area (TPSA) is 29.1 Å². The minimum Gasteiger partial charge on any atom is -0.356 e. The molecular formula is C13H23NO. The highest BCUT2D eigenvalue weighted by Gasteiger charge is 2.43. The van der Waals surface area contributed by atoms with Crippen molar-refractivity contribution in [1.82, 2.24) is 5.32 Å². The number of hydrogen-bond acceptors (Lipinski definition) is 1. The molecule has 0 aromatic heterocycles. The molecule has 15 heavy (non-hydrogen) atoms. The van der Waals surface area contributed by atoms with Crippen LogP contribution in [0, 0.1) is 17.3 Å². The number of rotatable bonds is 1. The van der Waals surface area contributed by atoms with E-state index in [1.807, 2.05) is 0 Å². The smallest absolute Gasteiger partial charge is 0.220 e. The van der Waals surface area contributed by atoms with Gasteiger partial charge in [0.05, 0.1) is 0 Å². The summed E-state index contributed by atoms with van der Waals surface area (Å²) in [5.74, 6) is 1.85. The quantitative estimate of drug-likeness (QED) is 0.707. The van der Waals surface area contributed by atoms with Crippen LogP contribution in [0.1, 0.15) is 52.4 Å². The summed E-state index contributed by atoms with van der Waals surface area (Å²) in [7, 11) is 0. The minimum atomic E-state index is 0.258. The molecule has 2 unspecified atom stereocenters. The zero-order valence-corrected chi connectivity index (χ0v) is 10.0. The van der Waals surface area contributed by atoms with Crippen molar-refractivity contribution in [3.63, 3.8) is 0 Å². The molecule has 0 aromatic rings. The summed E-state index contributed by atoms with van der Waals surface area (Å²) in [5, 5.41) is 3.09. The van der Waals surface area contributed by atoms with Gasteiger partial charge in [0.15, 0.2) is 0 Å². The molecule has 0 bridgehead atoms. The molecule has 1 amide bonds. The van der Waals surface area contributed by atoms with Crippen molar-refractivity contribution in [2.45, 2.75) is 52.4 Å². The number of nitrogens with one attached hydrogen (secondary N) is 1. The van der Waals surface area contributed by atoms with E-state index in [1.54, 1.807) is 0 Å². The van der Waals surface area contributed by atoms with Crippen LogP contribution < -0.4 is 5.32 Å². The number of piperidine rings is 1. The first kappa shape index (κ1) is 11.0. The van der Waals surface area contributed by atoms with Gasteiger partial charge in [-0.1, -0.05) is 26.7 Å². The molecule has 1 saturated heterocycles. The molecule has 2 atom stereocenters. The molecule has 0 aromatic carbocycles. The Kier molecular flexibility index (Phi) is 3.03. The maximum absolute atomic E-state index is 11.3. The van der Waals surface area contributed by atoms with Crippen molar-refractivity contribution in [2.75, 3.05) is 6.54 Å². The van der Waals surface area contributed by atoms with Crippen molar-refractivity contribution in [3.05, 3.63) is 0 Å². The van der Waals surface area contributed by atoms with E-state index < -0.39 is 0 Å². The van der Waals surface area contributed by atoms with Gasteiger partial charge in [-0.05, 0) is 36.5 Å². The molecule has 1 aliphatic heterocycles. The summed E-state index contributed by atoms with van der Waals surface area (Å²) >= 11 is 0. The fraction of sp³-hybridized carbons (Fsp3) is 0.923. The number of hydrogen-bond donors (Lipinski definition) is 1. The molecule has 2 rings (SSSR count). The number of amides is 1. The lowest BCUT2D eigenvalue weighted by Crippen LogP contribution is -2.50. The Morgan fingerprint density at radius 1 is 1.33 bits per heavy atom. The first-order valence-corrected chi connectivity index (χ1v) is 6.41. The van der Waals surface area contributed by atoms with Gasteiger partial charge in [0.25, 0.3) is 0 Å². The summed E-state index contributed by atoms with van der Waals surface area (Å²) < 4.78 is 0. The van der Waals surface area contributed by atoms with Crippen molar-refractivity contribution in [1.29, 1.82) is 0 Å². The molecule has 2 fully saturated rings. The second kappa shape index (κ2) is 4.15. The van der Waals surface area contributed by atoms with E-state index in [0.29, 0.717) is 5.41 Å². The second-order valence-electron chi connectivity index (χ2n) is 5.74. The molecule has 86 valence electrons. The summed E-state index contributed by atoms with van der Waals surface area (Å²) in [4.78, 5) is 11.3. The molecule has 2 heteroatoms. The van der Waals surface area contributed by atoms with Gasteiger partial charge in [0, 0.05) is 13.0 Å². The Morgan fingerprint density at radius 3 is 2.73 bits per heavy atom. The minimum absolute atomic E-state index is 0.258. The number of carbonyl (C=O) groups is 1. The van der Waals surface area contributed by atoms with Crippen LogP contribution in [0.4, 0.5) is 0 Å². The number of carbonyl (C=O) groups excluding carboxylic acids is 1. The Labute approximate surface area is 92.8 Å². The first-order chi connectivity index (χ1) is 7.14. The van der Waals surface area contributed by atoms with Gasteiger partial charge in [-0.2, -0.15) is 0 Å². The van der Waals surface area contributed by atoms with Gasteiger partial charge in [0.1, 0.15) is 0 Å². The van der Waals surface area contributed by atoms with Crippen LogP contribution in [0.25, 0.3) is 0 Å². The predicted molar refractivity (Wildman–Crippen MR) is 61.5 cm³/mol. The standard InChI is InChI=1S/C13H23NO/c1-10(2)11-5-3-4-7-13(11)8-6-12(15)14-9-13/h10-11H,3-9H2,1-2H3,(H,14,15). The Bertz CT molecular complexity index is 237. The maximum Gasteiger partial charge on any atom is 0.220 e. The van der Waals surface area contributed by atoms with Crippen LogP contribution in [-0.2, 0) is 4.79 Å². The lowest BCUT2D eigenvalue weighted by Gasteiger charge is -2.48. The van der Waals surface area contributed by atoms with E-state index in [1.165, 1.54) is 25.7 Å². The summed E-state index contributed by atoms with van der Waals surface area (Å²) in [6.07, 6.45) is 7.33. The van der Waals surface area contributed by atoms with Crippen molar-refractivity contribution < 1.29 is 4.79 Å². The molecular weight excluding hydrogens is 186 g/mol. The van der Waals surface area contributed by atoms with Crippen LogP contribution >= 0.6 is 0 Å². The van der Waals surface area contributed by atoms with Gasteiger partial charge in [0.2, 0.25) is 5.91 Å². The molecule has 0 radical (unpaired) electrons. The van der Waals surface area contributed by atoms with E-state index in [0.717, 1.165) is 31.2 Å². The first-order valence-electron chi connectivity index (χ1n) is 6.41. The lowest BCUT2D eigenvalue weighted by atomic mass is 9.59. The Balaban J connectivity index is 2.12. The van der Waals surface area contributed by atoms with Crippen LogP contribution in [-0.4, -0.2) is 12.5 Å². The fourth-order valence-corrected chi connectivity index (χ4v) is 3.72. The zero-order chi connectivity index (χ0) is 10.9. The van der Waals surface area contributed by atoms with Gasteiger partial charge in [-0.15, -0.1) is 0 Å². The van der Waals surface area contributed by atoms with Crippen molar-refractivity contribution >= 4 is 5.91 Å². The average Bonchev–Trinajstić information content (AvgIpc) is 2.23. The predicted octanol–water partition coefficient (Wildman–Crippen LogP) is 2.73.